The van der Waals surface area contributed by atoms with Gasteiger partial charge < -0.3 is 9.64 Å². The highest BCUT2D eigenvalue weighted by atomic mass is 19.1. The number of fused-ring (bicyclic) bond motifs is 3. The predicted molar refractivity (Wildman–Crippen MR) is 93.7 cm³/mol. The molecule has 3 heterocycles. The standard InChI is InChI=1S/C19H17FN4O2/c1-23-9-13-7-6-12(16-4-3-5-17(20)21-16)8-14(13)15-10-24(11-26-2)22-18(15)19(23)25/h3-8,10H,9,11H2,1-2H3. The number of carbonyl (C=O) groups is 1. The van der Waals surface area contributed by atoms with E-state index in [4.69, 9.17) is 4.74 Å². The molecular formula is C19H17FN4O2. The number of ether oxygens (including phenoxy) is 1. The van der Waals surface area contributed by atoms with E-state index in [9.17, 15) is 9.18 Å². The van der Waals surface area contributed by atoms with E-state index in [0.29, 0.717) is 17.9 Å². The Morgan fingerprint density at radius 1 is 1.23 bits per heavy atom. The monoisotopic (exact) mass is 352 g/mol. The maximum absolute atomic E-state index is 13.5. The summed E-state index contributed by atoms with van der Waals surface area (Å²) >= 11 is 0. The van der Waals surface area contributed by atoms with Crippen LogP contribution in [0.15, 0.2) is 42.6 Å². The van der Waals surface area contributed by atoms with Crippen LogP contribution < -0.4 is 0 Å². The summed E-state index contributed by atoms with van der Waals surface area (Å²) in [4.78, 5) is 18.3. The third-order valence-corrected chi connectivity index (χ3v) is 4.39. The molecule has 1 aliphatic rings. The SMILES string of the molecule is COCn1cc2c(n1)C(=O)N(C)Cc1ccc(-c3cccc(F)n3)cc1-2. The van der Waals surface area contributed by atoms with Gasteiger partial charge in [-0.2, -0.15) is 9.49 Å². The first-order valence-corrected chi connectivity index (χ1v) is 8.15. The number of halogens is 1. The molecule has 0 bridgehead atoms. The zero-order valence-electron chi connectivity index (χ0n) is 14.4. The highest BCUT2D eigenvalue weighted by molar-refractivity contribution is 6.00. The molecule has 2 aromatic heterocycles. The van der Waals surface area contributed by atoms with Crippen molar-refractivity contribution < 1.29 is 13.9 Å². The lowest BCUT2D eigenvalue weighted by molar-refractivity contribution is 0.0776. The van der Waals surface area contributed by atoms with E-state index in [1.54, 1.807) is 42.1 Å². The van der Waals surface area contributed by atoms with Gasteiger partial charge in [-0.3, -0.25) is 4.79 Å². The zero-order chi connectivity index (χ0) is 18.3. The molecule has 0 radical (unpaired) electrons. The molecule has 0 spiro atoms. The van der Waals surface area contributed by atoms with Gasteiger partial charge in [0.25, 0.3) is 5.91 Å². The van der Waals surface area contributed by atoms with Crippen molar-refractivity contribution in [3.8, 4) is 22.4 Å². The number of hydrogen-bond acceptors (Lipinski definition) is 4. The Morgan fingerprint density at radius 3 is 2.85 bits per heavy atom. The molecule has 132 valence electrons. The summed E-state index contributed by atoms with van der Waals surface area (Å²) in [5.74, 6) is -0.669. The predicted octanol–water partition coefficient (Wildman–Crippen LogP) is 2.94. The van der Waals surface area contributed by atoms with Gasteiger partial charge in [-0.05, 0) is 29.3 Å². The number of amides is 1. The Balaban J connectivity index is 1.90. The summed E-state index contributed by atoms with van der Waals surface area (Å²) < 4.78 is 20.2. The van der Waals surface area contributed by atoms with E-state index in [-0.39, 0.29) is 12.6 Å². The van der Waals surface area contributed by atoms with Crippen molar-refractivity contribution in [3.63, 3.8) is 0 Å². The minimum absolute atomic E-state index is 0.142. The first kappa shape index (κ1) is 16.4. The summed E-state index contributed by atoms with van der Waals surface area (Å²) in [5, 5.41) is 4.37. The summed E-state index contributed by atoms with van der Waals surface area (Å²) in [6, 6.07) is 10.5. The third kappa shape index (κ3) is 2.76. The molecule has 0 fully saturated rings. The maximum Gasteiger partial charge on any atom is 0.275 e. The normalized spacial score (nSPS) is 13.3. The van der Waals surface area contributed by atoms with Crippen LogP contribution in [0.25, 0.3) is 22.4 Å². The van der Waals surface area contributed by atoms with Gasteiger partial charge in [0.2, 0.25) is 5.95 Å². The maximum atomic E-state index is 13.5. The Hall–Kier alpha value is -3.06. The van der Waals surface area contributed by atoms with E-state index in [2.05, 4.69) is 10.1 Å². The molecular weight excluding hydrogens is 335 g/mol. The Kier molecular flexibility index (Phi) is 4.00. The Bertz CT molecular complexity index is 999. The van der Waals surface area contributed by atoms with Gasteiger partial charge in [0.05, 0.1) is 5.69 Å². The van der Waals surface area contributed by atoms with Crippen LogP contribution in [0.4, 0.5) is 4.39 Å². The summed E-state index contributed by atoms with van der Waals surface area (Å²) in [5.41, 5.74) is 4.34. The molecule has 0 saturated heterocycles. The van der Waals surface area contributed by atoms with Crippen molar-refractivity contribution in [2.45, 2.75) is 13.3 Å². The van der Waals surface area contributed by atoms with Crippen LogP contribution in [0.2, 0.25) is 0 Å². The average molecular weight is 352 g/mol. The second kappa shape index (κ2) is 6.34. The van der Waals surface area contributed by atoms with E-state index in [1.165, 1.54) is 6.07 Å². The number of aromatic nitrogens is 3. The fourth-order valence-electron chi connectivity index (χ4n) is 3.18. The Labute approximate surface area is 149 Å². The van der Waals surface area contributed by atoms with Gasteiger partial charge in [-0.25, -0.2) is 9.67 Å². The van der Waals surface area contributed by atoms with Crippen molar-refractivity contribution in [1.82, 2.24) is 19.7 Å². The third-order valence-electron chi connectivity index (χ3n) is 4.39. The van der Waals surface area contributed by atoms with Crippen LogP contribution in [0.1, 0.15) is 16.1 Å². The number of pyridine rings is 1. The molecule has 7 heteroatoms. The number of hydrogen-bond donors (Lipinski definition) is 0. The summed E-state index contributed by atoms with van der Waals surface area (Å²) in [6.07, 6.45) is 1.80. The number of nitrogens with zero attached hydrogens (tertiary/aromatic N) is 4. The van der Waals surface area contributed by atoms with Crippen molar-refractivity contribution in [2.75, 3.05) is 14.2 Å². The number of rotatable bonds is 3. The van der Waals surface area contributed by atoms with E-state index >= 15 is 0 Å². The molecule has 3 aromatic rings. The number of carbonyl (C=O) groups excluding carboxylic acids is 1. The number of methoxy groups -OCH3 is 1. The first-order chi connectivity index (χ1) is 12.6. The second-order valence-corrected chi connectivity index (χ2v) is 6.23. The summed E-state index contributed by atoms with van der Waals surface area (Å²) in [6.45, 7) is 0.732. The van der Waals surface area contributed by atoms with E-state index in [1.807, 2.05) is 18.2 Å². The lowest BCUT2D eigenvalue weighted by atomic mass is 9.97. The van der Waals surface area contributed by atoms with Gasteiger partial charge in [0, 0.05) is 38.0 Å². The highest BCUT2D eigenvalue weighted by Gasteiger charge is 2.27. The molecule has 0 saturated carbocycles. The quantitative estimate of drug-likeness (QED) is 0.680. The largest absolute Gasteiger partial charge is 0.362 e. The van der Waals surface area contributed by atoms with E-state index < -0.39 is 5.95 Å². The topological polar surface area (TPSA) is 60.3 Å². The smallest absolute Gasteiger partial charge is 0.275 e. The van der Waals surface area contributed by atoms with Gasteiger partial charge in [0.1, 0.15) is 6.73 Å². The molecule has 4 rings (SSSR count). The van der Waals surface area contributed by atoms with Crippen molar-refractivity contribution >= 4 is 5.91 Å². The van der Waals surface area contributed by atoms with Crippen LogP contribution in [0.5, 0.6) is 0 Å². The van der Waals surface area contributed by atoms with Gasteiger partial charge in [-0.1, -0.05) is 18.2 Å². The fourth-order valence-corrected chi connectivity index (χ4v) is 3.18. The Morgan fingerprint density at radius 2 is 2.08 bits per heavy atom. The van der Waals surface area contributed by atoms with Crippen LogP contribution in [0.3, 0.4) is 0 Å². The van der Waals surface area contributed by atoms with Crippen molar-refractivity contribution in [3.05, 3.63) is 59.8 Å². The van der Waals surface area contributed by atoms with Gasteiger partial charge >= 0.3 is 0 Å². The van der Waals surface area contributed by atoms with Crippen molar-refractivity contribution in [2.24, 2.45) is 0 Å². The van der Waals surface area contributed by atoms with Gasteiger partial charge in [0.15, 0.2) is 5.69 Å². The minimum Gasteiger partial charge on any atom is -0.362 e. The average Bonchev–Trinajstić information content (AvgIpc) is 3.01. The molecule has 6 nitrogen and oxygen atoms in total. The molecule has 0 aliphatic carbocycles. The molecule has 0 atom stereocenters. The molecule has 0 N–H and O–H groups in total. The van der Waals surface area contributed by atoms with Crippen LogP contribution in [-0.2, 0) is 18.0 Å². The van der Waals surface area contributed by atoms with Crippen LogP contribution >= 0.6 is 0 Å². The van der Waals surface area contributed by atoms with E-state index in [0.717, 1.165) is 22.3 Å². The van der Waals surface area contributed by atoms with Crippen molar-refractivity contribution in [1.29, 1.82) is 0 Å². The molecule has 26 heavy (non-hydrogen) atoms. The summed E-state index contributed by atoms with van der Waals surface area (Å²) in [7, 11) is 3.32. The van der Waals surface area contributed by atoms with Gasteiger partial charge in [-0.15, -0.1) is 0 Å². The number of benzene rings is 1. The zero-order valence-corrected chi connectivity index (χ0v) is 14.4. The molecule has 1 amide bonds. The lowest BCUT2D eigenvalue weighted by Crippen LogP contribution is -2.25. The second-order valence-electron chi connectivity index (χ2n) is 6.23. The van der Waals surface area contributed by atoms with Crippen LogP contribution in [-0.4, -0.2) is 39.7 Å². The fraction of sp³-hybridized carbons (Fsp3) is 0.211. The molecule has 0 unspecified atom stereocenters. The highest BCUT2D eigenvalue weighted by Crippen LogP contribution is 2.34. The lowest BCUT2D eigenvalue weighted by Gasteiger charge is -2.15. The molecule has 1 aromatic carbocycles. The molecule has 1 aliphatic heterocycles. The van der Waals surface area contributed by atoms with Crippen LogP contribution in [0, 0.1) is 5.95 Å². The minimum atomic E-state index is -0.527. The first-order valence-electron chi connectivity index (χ1n) is 8.15.